The molecule has 0 radical (unpaired) electrons. The second-order valence-electron chi connectivity index (χ2n) is 7.93. The number of hydrogen-bond acceptors (Lipinski definition) is 8. The number of benzene rings is 1. The van der Waals surface area contributed by atoms with Gasteiger partial charge in [-0.05, 0) is 38.5 Å². The lowest BCUT2D eigenvalue weighted by Gasteiger charge is -2.34. The average Bonchev–Trinajstić information content (AvgIpc) is 3.37. The molecule has 3 heterocycles. The summed E-state index contributed by atoms with van der Waals surface area (Å²) in [6, 6.07) is 5.69. The van der Waals surface area contributed by atoms with Crippen molar-refractivity contribution in [1.82, 2.24) is 19.3 Å². The van der Waals surface area contributed by atoms with Crippen molar-refractivity contribution in [2.45, 2.75) is 32.2 Å². The SMILES string of the molecule is CCN(Cc1ccc2c(c1)OCO2)C(=O)CN1CCN(S(=O)(=O)c2c(C)noc2C)CC1. The van der Waals surface area contributed by atoms with Crippen molar-refractivity contribution in [1.29, 1.82) is 0 Å². The molecule has 0 bridgehead atoms. The molecule has 0 aliphatic carbocycles. The topological polar surface area (TPSA) is 105 Å². The second kappa shape index (κ2) is 9.08. The maximum atomic E-state index is 13.0. The number of sulfonamides is 1. The third kappa shape index (κ3) is 4.45. The molecule has 1 fully saturated rings. The van der Waals surface area contributed by atoms with E-state index in [1.54, 1.807) is 18.7 Å². The van der Waals surface area contributed by atoms with E-state index in [0.717, 1.165) is 5.56 Å². The maximum absolute atomic E-state index is 13.0. The van der Waals surface area contributed by atoms with Gasteiger partial charge in [-0.3, -0.25) is 9.69 Å². The van der Waals surface area contributed by atoms with Gasteiger partial charge in [-0.1, -0.05) is 11.2 Å². The van der Waals surface area contributed by atoms with Gasteiger partial charge in [-0.25, -0.2) is 8.42 Å². The lowest BCUT2D eigenvalue weighted by Crippen LogP contribution is -2.51. The largest absolute Gasteiger partial charge is 0.454 e. The number of amides is 1. The molecule has 2 aliphatic rings. The summed E-state index contributed by atoms with van der Waals surface area (Å²) < 4.78 is 43.2. The first-order valence-electron chi connectivity index (χ1n) is 10.6. The highest BCUT2D eigenvalue weighted by molar-refractivity contribution is 7.89. The standard InChI is InChI=1S/C21H28N4O6S/c1-4-24(12-17-5-6-18-19(11-17)30-14-29-18)20(26)13-23-7-9-25(10-8-23)32(27,28)21-15(2)22-31-16(21)3/h5-6,11H,4,7-10,12-14H2,1-3H3. The minimum Gasteiger partial charge on any atom is -0.454 e. The molecular formula is C21H28N4O6S. The number of rotatable bonds is 7. The van der Waals surface area contributed by atoms with Gasteiger partial charge >= 0.3 is 0 Å². The molecular weight excluding hydrogens is 436 g/mol. The molecule has 1 amide bonds. The zero-order valence-corrected chi connectivity index (χ0v) is 19.4. The minimum absolute atomic E-state index is 0.00666. The quantitative estimate of drug-likeness (QED) is 0.605. The Labute approximate surface area is 187 Å². The molecule has 11 heteroatoms. The molecule has 1 saturated heterocycles. The van der Waals surface area contributed by atoms with E-state index >= 15 is 0 Å². The molecule has 10 nitrogen and oxygen atoms in total. The Bertz CT molecular complexity index is 1070. The number of aromatic nitrogens is 1. The van der Waals surface area contributed by atoms with Gasteiger partial charge in [-0.15, -0.1) is 0 Å². The van der Waals surface area contributed by atoms with Gasteiger partial charge in [0.15, 0.2) is 17.3 Å². The van der Waals surface area contributed by atoms with Crippen LogP contribution >= 0.6 is 0 Å². The predicted molar refractivity (Wildman–Crippen MR) is 115 cm³/mol. The Hall–Kier alpha value is -2.63. The summed E-state index contributed by atoms with van der Waals surface area (Å²) in [5.41, 5.74) is 1.34. The first kappa shape index (κ1) is 22.6. The lowest BCUT2D eigenvalue weighted by molar-refractivity contribution is -0.133. The number of nitrogens with zero attached hydrogens (tertiary/aromatic N) is 4. The van der Waals surface area contributed by atoms with E-state index in [-0.39, 0.29) is 24.1 Å². The zero-order chi connectivity index (χ0) is 22.9. The van der Waals surface area contributed by atoms with Crippen molar-refractivity contribution in [3.8, 4) is 11.5 Å². The van der Waals surface area contributed by atoms with Crippen LogP contribution in [0.5, 0.6) is 11.5 Å². The molecule has 2 aliphatic heterocycles. The number of carbonyl (C=O) groups excluding carboxylic acids is 1. The number of piperazine rings is 1. The van der Waals surface area contributed by atoms with Crippen molar-refractivity contribution in [3.05, 3.63) is 35.2 Å². The van der Waals surface area contributed by atoms with Crippen LogP contribution in [0.15, 0.2) is 27.6 Å². The number of aryl methyl sites for hydroxylation is 2. The van der Waals surface area contributed by atoms with E-state index < -0.39 is 10.0 Å². The lowest BCUT2D eigenvalue weighted by atomic mass is 10.2. The third-order valence-electron chi connectivity index (χ3n) is 5.80. The average molecular weight is 465 g/mol. The van der Waals surface area contributed by atoms with Crippen molar-refractivity contribution in [2.24, 2.45) is 0 Å². The summed E-state index contributed by atoms with van der Waals surface area (Å²) in [6.45, 7) is 8.27. The minimum atomic E-state index is -3.67. The highest BCUT2D eigenvalue weighted by Crippen LogP contribution is 2.32. The number of likely N-dealkylation sites (N-methyl/N-ethyl adjacent to an activating group) is 1. The molecule has 174 valence electrons. The molecule has 2 aromatic rings. The van der Waals surface area contributed by atoms with Crippen LogP contribution in [-0.4, -0.2) is 79.6 Å². The van der Waals surface area contributed by atoms with Crippen molar-refractivity contribution < 1.29 is 27.2 Å². The van der Waals surface area contributed by atoms with Crippen molar-refractivity contribution in [2.75, 3.05) is 46.1 Å². The van der Waals surface area contributed by atoms with Crippen LogP contribution in [-0.2, 0) is 21.4 Å². The Morgan fingerprint density at radius 3 is 2.50 bits per heavy atom. The third-order valence-corrected chi connectivity index (χ3v) is 7.94. The summed E-state index contributed by atoms with van der Waals surface area (Å²) in [4.78, 5) is 16.8. The molecule has 0 unspecified atom stereocenters. The molecule has 0 saturated carbocycles. The van der Waals surface area contributed by atoms with Gasteiger partial charge in [0.1, 0.15) is 10.6 Å². The monoisotopic (exact) mass is 464 g/mol. The van der Waals surface area contributed by atoms with Crippen LogP contribution in [0.25, 0.3) is 0 Å². The Balaban J connectivity index is 1.33. The van der Waals surface area contributed by atoms with Gasteiger partial charge in [0.25, 0.3) is 0 Å². The summed E-state index contributed by atoms with van der Waals surface area (Å²) in [5.74, 6) is 1.71. The fourth-order valence-corrected chi connectivity index (χ4v) is 5.74. The summed E-state index contributed by atoms with van der Waals surface area (Å²) in [5, 5.41) is 3.76. The van der Waals surface area contributed by atoms with Crippen LogP contribution in [0.2, 0.25) is 0 Å². The fraction of sp³-hybridized carbons (Fsp3) is 0.524. The van der Waals surface area contributed by atoms with Gasteiger partial charge < -0.3 is 18.9 Å². The number of carbonyl (C=O) groups is 1. The smallest absolute Gasteiger partial charge is 0.248 e. The van der Waals surface area contributed by atoms with Crippen molar-refractivity contribution >= 4 is 15.9 Å². The van der Waals surface area contributed by atoms with Gasteiger partial charge in [0.2, 0.25) is 22.7 Å². The van der Waals surface area contributed by atoms with Crippen molar-refractivity contribution in [3.63, 3.8) is 0 Å². The Morgan fingerprint density at radius 1 is 1.12 bits per heavy atom. The Kier molecular flexibility index (Phi) is 6.40. The van der Waals surface area contributed by atoms with Gasteiger partial charge in [0, 0.05) is 39.3 Å². The number of fused-ring (bicyclic) bond motifs is 1. The summed E-state index contributed by atoms with van der Waals surface area (Å²) >= 11 is 0. The van der Waals surface area contributed by atoms with Crippen LogP contribution in [0.1, 0.15) is 23.9 Å². The number of ether oxygens (including phenoxy) is 2. The van der Waals surface area contributed by atoms with E-state index in [2.05, 4.69) is 5.16 Å². The first-order chi connectivity index (χ1) is 15.3. The van der Waals surface area contributed by atoms with E-state index in [1.165, 1.54) is 4.31 Å². The van der Waals surface area contributed by atoms with Crippen LogP contribution in [0, 0.1) is 13.8 Å². The zero-order valence-electron chi connectivity index (χ0n) is 18.5. The van der Waals surface area contributed by atoms with Crippen LogP contribution in [0.4, 0.5) is 0 Å². The maximum Gasteiger partial charge on any atom is 0.248 e. The fourth-order valence-electron chi connectivity index (χ4n) is 4.03. The van der Waals surface area contributed by atoms with Crippen LogP contribution < -0.4 is 9.47 Å². The molecule has 4 rings (SSSR count). The molecule has 0 spiro atoms. The molecule has 0 atom stereocenters. The van der Waals surface area contributed by atoms with Gasteiger partial charge in [0.05, 0.1) is 6.54 Å². The molecule has 0 N–H and O–H groups in total. The summed E-state index contributed by atoms with van der Waals surface area (Å²) in [6.07, 6.45) is 0. The number of hydrogen-bond donors (Lipinski definition) is 0. The summed E-state index contributed by atoms with van der Waals surface area (Å²) in [7, 11) is -3.67. The second-order valence-corrected chi connectivity index (χ2v) is 9.80. The van der Waals surface area contributed by atoms with Crippen LogP contribution in [0.3, 0.4) is 0 Å². The van der Waals surface area contributed by atoms with E-state index in [4.69, 9.17) is 14.0 Å². The van der Waals surface area contributed by atoms with E-state index in [1.807, 2.05) is 30.0 Å². The van der Waals surface area contributed by atoms with E-state index in [0.29, 0.717) is 62.2 Å². The first-order valence-corrected chi connectivity index (χ1v) is 12.0. The predicted octanol–water partition coefficient (Wildman–Crippen LogP) is 1.38. The van der Waals surface area contributed by atoms with Gasteiger partial charge in [-0.2, -0.15) is 4.31 Å². The molecule has 32 heavy (non-hydrogen) atoms. The highest BCUT2D eigenvalue weighted by Gasteiger charge is 2.33. The van der Waals surface area contributed by atoms with E-state index in [9.17, 15) is 13.2 Å². The normalized spacial score (nSPS) is 17.0. The molecule has 1 aromatic carbocycles. The Morgan fingerprint density at radius 2 is 1.84 bits per heavy atom. The highest BCUT2D eigenvalue weighted by atomic mass is 32.2. The molecule has 1 aromatic heterocycles.